The maximum Gasteiger partial charge on any atom is 0.234 e. The van der Waals surface area contributed by atoms with Crippen molar-refractivity contribution in [2.24, 2.45) is 11.3 Å². The average Bonchev–Trinajstić information content (AvgIpc) is 2.35. The zero-order valence-electron chi connectivity index (χ0n) is 14.3. The number of hydrogen-bond donors (Lipinski definition) is 2. The number of rotatable bonds is 5. The molecule has 0 aliphatic heterocycles. The molecule has 1 rings (SSSR count). The van der Waals surface area contributed by atoms with Crippen LogP contribution >= 0.6 is 0 Å². The number of carbonyl (C=O) groups excluding carboxylic acids is 1. The molecule has 0 radical (unpaired) electrons. The van der Waals surface area contributed by atoms with Gasteiger partial charge in [0.15, 0.2) is 0 Å². The number of nitrogens with one attached hydrogen (secondary N) is 2. The largest absolute Gasteiger partial charge is 0.350 e. The molecule has 0 aromatic carbocycles. The van der Waals surface area contributed by atoms with Crippen molar-refractivity contribution in [3.63, 3.8) is 0 Å². The third-order valence-electron chi connectivity index (χ3n) is 4.76. The van der Waals surface area contributed by atoms with Gasteiger partial charge >= 0.3 is 0 Å². The topological polar surface area (TPSA) is 41.1 Å². The van der Waals surface area contributed by atoms with Crippen LogP contribution in [0.1, 0.15) is 73.6 Å². The zero-order valence-corrected chi connectivity index (χ0v) is 14.3. The summed E-state index contributed by atoms with van der Waals surface area (Å²) in [6.07, 6.45) is 6.05. The van der Waals surface area contributed by atoms with Crippen molar-refractivity contribution in [1.82, 2.24) is 10.6 Å². The van der Waals surface area contributed by atoms with E-state index in [1.165, 1.54) is 25.7 Å². The van der Waals surface area contributed by atoms with E-state index >= 15 is 0 Å². The van der Waals surface area contributed by atoms with Gasteiger partial charge < -0.3 is 10.6 Å². The summed E-state index contributed by atoms with van der Waals surface area (Å²) in [6.45, 7) is 13.6. The molecular formula is C17H34N2O. The summed E-state index contributed by atoms with van der Waals surface area (Å²) in [6, 6.07) is 0.485. The van der Waals surface area contributed by atoms with Gasteiger partial charge in [-0.2, -0.15) is 0 Å². The van der Waals surface area contributed by atoms with Crippen molar-refractivity contribution in [3.8, 4) is 0 Å². The highest BCUT2D eigenvalue weighted by molar-refractivity contribution is 5.78. The van der Waals surface area contributed by atoms with Gasteiger partial charge in [0.1, 0.15) is 0 Å². The first-order chi connectivity index (χ1) is 9.15. The van der Waals surface area contributed by atoms with Gasteiger partial charge in [0.2, 0.25) is 5.91 Å². The molecule has 3 heteroatoms. The molecule has 0 heterocycles. The summed E-state index contributed by atoms with van der Waals surface area (Å²) in [5.41, 5.74) is 0.214. The van der Waals surface area contributed by atoms with E-state index in [-0.39, 0.29) is 11.4 Å². The number of amides is 1. The minimum atomic E-state index is -0.102. The molecular weight excluding hydrogens is 248 g/mol. The molecule has 1 saturated carbocycles. The van der Waals surface area contributed by atoms with Crippen molar-refractivity contribution >= 4 is 5.91 Å². The average molecular weight is 282 g/mol. The fourth-order valence-corrected chi connectivity index (χ4v) is 3.15. The lowest BCUT2D eigenvalue weighted by Crippen LogP contribution is -2.51. The Kier molecular flexibility index (Phi) is 6.06. The predicted octanol–water partition coefficient (Wildman–Crippen LogP) is 3.49. The van der Waals surface area contributed by atoms with Gasteiger partial charge in [-0.1, -0.05) is 40.5 Å². The normalized spacial score (nSPS) is 24.5. The van der Waals surface area contributed by atoms with Gasteiger partial charge in [-0.25, -0.2) is 0 Å². The molecule has 1 amide bonds. The smallest absolute Gasteiger partial charge is 0.234 e. The Bertz CT molecular complexity index is 317. The van der Waals surface area contributed by atoms with Gasteiger partial charge in [-0.3, -0.25) is 4.79 Å². The van der Waals surface area contributed by atoms with Crippen molar-refractivity contribution in [2.75, 3.05) is 6.54 Å². The summed E-state index contributed by atoms with van der Waals surface area (Å²) in [5, 5.41) is 6.61. The highest BCUT2D eigenvalue weighted by Crippen LogP contribution is 2.37. The van der Waals surface area contributed by atoms with Gasteiger partial charge in [0.25, 0.3) is 0 Å². The van der Waals surface area contributed by atoms with Crippen molar-refractivity contribution in [2.45, 2.75) is 85.2 Å². The van der Waals surface area contributed by atoms with Gasteiger partial charge in [-0.05, 0) is 44.4 Å². The first kappa shape index (κ1) is 17.5. The van der Waals surface area contributed by atoms with E-state index in [1.807, 2.05) is 0 Å². The minimum Gasteiger partial charge on any atom is -0.350 e. The van der Waals surface area contributed by atoms with Crippen LogP contribution in [0.2, 0.25) is 0 Å². The molecule has 0 spiro atoms. The third kappa shape index (κ3) is 5.43. The summed E-state index contributed by atoms with van der Waals surface area (Å²) in [5.74, 6) is 0.790. The maximum absolute atomic E-state index is 12.0. The molecule has 3 nitrogen and oxygen atoms in total. The van der Waals surface area contributed by atoms with Crippen LogP contribution in [0.5, 0.6) is 0 Å². The maximum atomic E-state index is 12.0. The van der Waals surface area contributed by atoms with E-state index < -0.39 is 0 Å². The molecule has 1 fully saturated rings. The molecule has 2 unspecified atom stereocenters. The molecule has 118 valence electrons. The van der Waals surface area contributed by atoms with E-state index in [4.69, 9.17) is 0 Å². The van der Waals surface area contributed by atoms with Crippen LogP contribution in [0, 0.1) is 11.3 Å². The van der Waals surface area contributed by atoms with Crippen LogP contribution < -0.4 is 10.6 Å². The van der Waals surface area contributed by atoms with Gasteiger partial charge in [0, 0.05) is 11.6 Å². The van der Waals surface area contributed by atoms with Crippen molar-refractivity contribution < 1.29 is 4.79 Å². The van der Waals surface area contributed by atoms with Crippen LogP contribution in [0.25, 0.3) is 0 Å². The van der Waals surface area contributed by atoms with Gasteiger partial charge in [-0.15, -0.1) is 0 Å². The summed E-state index contributed by atoms with van der Waals surface area (Å²) in [7, 11) is 0. The van der Waals surface area contributed by atoms with Crippen LogP contribution in [0.4, 0.5) is 0 Å². The van der Waals surface area contributed by atoms with Crippen LogP contribution in [0.15, 0.2) is 0 Å². The summed E-state index contributed by atoms with van der Waals surface area (Å²) in [4.78, 5) is 12.0. The second-order valence-electron chi connectivity index (χ2n) is 8.03. The number of carbonyl (C=O) groups is 1. The van der Waals surface area contributed by atoms with E-state index in [0.29, 0.717) is 23.9 Å². The van der Waals surface area contributed by atoms with E-state index in [1.54, 1.807) is 0 Å². The molecule has 2 N–H and O–H groups in total. The SMILES string of the molecule is CCC(C)(C)NC(=O)CNC1CCCCC1C(C)(C)C. The molecule has 1 aliphatic carbocycles. The van der Waals surface area contributed by atoms with Gasteiger partial charge in [0.05, 0.1) is 6.54 Å². The monoisotopic (exact) mass is 282 g/mol. The lowest BCUT2D eigenvalue weighted by molar-refractivity contribution is -0.122. The Morgan fingerprint density at radius 1 is 1.10 bits per heavy atom. The van der Waals surface area contributed by atoms with Crippen LogP contribution in [0.3, 0.4) is 0 Å². The van der Waals surface area contributed by atoms with E-state index in [0.717, 1.165) is 6.42 Å². The van der Waals surface area contributed by atoms with Crippen molar-refractivity contribution in [3.05, 3.63) is 0 Å². The minimum absolute atomic E-state index is 0.102. The van der Waals surface area contributed by atoms with Crippen molar-refractivity contribution in [1.29, 1.82) is 0 Å². The highest BCUT2D eigenvalue weighted by Gasteiger charge is 2.34. The molecule has 0 aromatic rings. The standard InChI is InChI=1S/C17H34N2O/c1-7-17(5,6)19-15(20)12-18-14-11-9-8-10-13(14)16(2,3)4/h13-14,18H,7-12H2,1-6H3,(H,19,20). The fraction of sp³-hybridized carbons (Fsp3) is 0.941. The Hall–Kier alpha value is -0.570. The zero-order chi connectivity index (χ0) is 15.4. The third-order valence-corrected chi connectivity index (χ3v) is 4.76. The predicted molar refractivity (Wildman–Crippen MR) is 85.7 cm³/mol. The molecule has 1 aliphatic rings. The van der Waals surface area contributed by atoms with Crippen LogP contribution in [-0.4, -0.2) is 24.0 Å². The Morgan fingerprint density at radius 3 is 2.25 bits per heavy atom. The molecule has 0 saturated heterocycles. The number of hydrogen-bond acceptors (Lipinski definition) is 2. The molecule has 20 heavy (non-hydrogen) atoms. The summed E-state index contributed by atoms with van der Waals surface area (Å²) < 4.78 is 0. The summed E-state index contributed by atoms with van der Waals surface area (Å²) >= 11 is 0. The van der Waals surface area contributed by atoms with E-state index in [2.05, 4.69) is 52.2 Å². The molecule has 0 aromatic heterocycles. The lowest BCUT2D eigenvalue weighted by Gasteiger charge is -2.41. The quantitative estimate of drug-likeness (QED) is 0.810. The van der Waals surface area contributed by atoms with Crippen LogP contribution in [-0.2, 0) is 4.79 Å². The molecule has 0 bridgehead atoms. The first-order valence-corrected chi connectivity index (χ1v) is 8.20. The lowest BCUT2D eigenvalue weighted by atomic mass is 9.69. The second-order valence-corrected chi connectivity index (χ2v) is 8.03. The Morgan fingerprint density at radius 2 is 1.70 bits per heavy atom. The fourth-order valence-electron chi connectivity index (χ4n) is 3.15. The molecule has 2 atom stereocenters. The Balaban J connectivity index is 2.48. The second kappa shape index (κ2) is 6.93. The first-order valence-electron chi connectivity index (χ1n) is 8.20. The highest BCUT2D eigenvalue weighted by atomic mass is 16.2. The van der Waals surface area contributed by atoms with E-state index in [9.17, 15) is 4.79 Å². The Labute approximate surface area is 125 Å².